The molecule has 0 aliphatic heterocycles. The molecule has 1 amide bonds. The number of fused-ring (bicyclic) bond motifs is 1. The van der Waals surface area contributed by atoms with E-state index in [0.717, 1.165) is 17.4 Å². The molecule has 0 spiro atoms. The minimum atomic E-state index is -4.67. The van der Waals surface area contributed by atoms with Crippen molar-refractivity contribution in [3.63, 3.8) is 0 Å². The third kappa shape index (κ3) is 4.04. The molecular formula is C21H14F3N3O2S2. The number of halogens is 3. The van der Waals surface area contributed by atoms with Crippen molar-refractivity contribution >= 4 is 56.0 Å². The van der Waals surface area contributed by atoms with Crippen molar-refractivity contribution in [3.8, 4) is 10.6 Å². The van der Waals surface area contributed by atoms with Gasteiger partial charge in [-0.15, -0.1) is 22.7 Å². The summed E-state index contributed by atoms with van der Waals surface area (Å²) in [6.45, 7) is 1.42. The van der Waals surface area contributed by atoms with Crippen molar-refractivity contribution in [1.29, 1.82) is 0 Å². The van der Waals surface area contributed by atoms with Crippen LogP contribution in [-0.4, -0.2) is 16.7 Å². The highest BCUT2D eigenvalue weighted by molar-refractivity contribution is 7.21. The van der Waals surface area contributed by atoms with Gasteiger partial charge < -0.3 is 11.1 Å². The molecule has 3 heterocycles. The molecule has 1 aromatic carbocycles. The number of nitrogens with two attached hydrogens (primary N) is 1. The molecule has 158 valence electrons. The van der Waals surface area contributed by atoms with E-state index in [1.165, 1.54) is 30.4 Å². The van der Waals surface area contributed by atoms with Crippen LogP contribution in [0.5, 0.6) is 0 Å². The first-order valence-corrected chi connectivity index (χ1v) is 10.6. The van der Waals surface area contributed by atoms with Crippen molar-refractivity contribution in [2.45, 2.75) is 13.1 Å². The first kappa shape index (κ1) is 21.0. The number of carbonyl (C=O) groups excluding carboxylic acids is 2. The Morgan fingerprint density at radius 1 is 1.13 bits per heavy atom. The summed E-state index contributed by atoms with van der Waals surface area (Å²) in [5, 5.41) is 4.06. The zero-order valence-electron chi connectivity index (χ0n) is 15.9. The highest BCUT2D eigenvalue weighted by Crippen LogP contribution is 2.44. The minimum absolute atomic E-state index is 0.0350. The molecule has 5 nitrogen and oxygen atoms in total. The van der Waals surface area contributed by atoms with Gasteiger partial charge in [-0.3, -0.25) is 9.59 Å². The summed E-state index contributed by atoms with van der Waals surface area (Å²) < 4.78 is 41.3. The fourth-order valence-electron chi connectivity index (χ4n) is 3.04. The third-order valence-corrected chi connectivity index (χ3v) is 6.52. The van der Waals surface area contributed by atoms with E-state index in [4.69, 9.17) is 5.73 Å². The number of pyridine rings is 1. The number of anilines is 2. The fourth-order valence-corrected chi connectivity index (χ4v) is 4.74. The minimum Gasteiger partial charge on any atom is -0.397 e. The number of nitrogens with one attached hydrogen (secondary N) is 1. The Kier molecular flexibility index (Phi) is 5.28. The van der Waals surface area contributed by atoms with Crippen LogP contribution >= 0.6 is 22.7 Å². The number of amides is 1. The summed E-state index contributed by atoms with van der Waals surface area (Å²) in [4.78, 5) is 29.0. The Bertz CT molecular complexity index is 1290. The number of ketones is 1. The summed E-state index contributed by atoms with van der Waals surface area (Å²) >= 11 is 2.07. The normalized spacial score (nSPS) is 11.6. The Morgan fingerprint density at radius 2 is 1.84 bits per heavy atom. The molecule has 0 radical (unpaired) electrons. The van der Waals surface area contributed by atoms with Crippen molar-refractivity contribution < 1.29 is 22.8 Å². The molecule has 10 heteroatoms. The standard InChI is InChI=1S/C21H14F3N3O2S2/c1-10(28)11-4-6-12(7-5-11)26-19(29)18-17(25)16-13(21(22,23)24)9-14(27-20(16)31-18)15-3-2-8-30-15/h2-9H,25H2,1H3,(H,26,29). The largest absolute Gasteiger partial charge is 0.417 e. The van der Waals surface area contributed by atoms with Crippen LogP contribution in [0, 0.1) is 0 Å². The first-order chi connectivity index (χ1) is 14.6. The van der Waals surface area contributed by atoms with Crippen molar-refractivity contribution in [1.82, 2.24) is 4.98 Å². The van der Waals surface area contributed by atoms with Crippen LogP contribution in [-0.2, 0) is 6.18 Å². The number of carbonyl (C=O) groups is 2. The zero-order valence-corrected chi connectivity index (χ0v) is 17.5. The lowest BCUT2D eigenvalue weighted by molar-refractivity contribution is -0.136. The van der Waals surface area contributed by atoms with E-state index in [9.17, 15) is 22.8 Å². The predicted octanol–water partition coefficient (Wildman–Crippen LogP) is 6.08. The van der Waals surface area contributed by atoms with Crippen LogP contribution in [0.25, 0.3) is 20.8 Å². The fraction of sp³-hybridized carbons (Fsp3) is 0.0952. The lowest BCUT2D eigenvalue weighted by Gasteiger charge is -2.10. The average molecular weight is 461 g/mol. The van der Waals surface area contributed by atoms with Crippen molar-refractivity contribution in [3.05, 3.63) is 63.8 Å². The Hall–Kier alpha value is -3.24. The molecular weight excluding hydrogens is 447 g/mol. The lowest BCUT2D eigenvalue weighted by Crippen LogP contribution is -2.12. The molecule has 0 unspecified atom stereocenters. The molecule has 31 heavy (non-hydrogen) atoms. The molecule has 3 N–H and O–H groups in total. The van der Waals surface area contributed by atoms with E-state index in [0.29, 0.717) is 16.1 Å². The number of nitrogens with zero attached hydrogens (tertiary/aromatic N) is 1. The SMILES string of the molecule is CC(=O)c1ccc(NC(=O)c2sc3nc(-c4cccs4)cc(C(F)(F)F)c3c2N)cc1. The molecule has 0 aliphatic carbocycles. The summed E-state index contributed by atoms with van der Waals surface area (Å²) in [5.41, 5.74) is 5.82. The Balaban J connectivity index is 1.77. The van der Waals surface area contributed by atoms with Crippen molar-refractivity contribution in [2.24, 2.45) is 0 Å². The smallest absolute Gasteiger partial charge is 0.397 e. The second-order valence-electron chi connectivity index (χ2n) is 6.64. The topological polar surface area (TPSA) is 85.1 Å². The monoisotopic (exact) mass is 461 g/mol. The maximum atomic E-state index is 13.8. The lowest BCUT2D eigenvalue weighted by atomic mass is 10.1. The van der Waals surface area contributed by atoms with E-state index < -0.39 is 17.6 Å². The van der Waals surface area contributed by atoms with Gasteiger partial charge in [0.25, 0.3) is 5.91 Å². The third-order valence-electron chi connectivity index (χ3n) is 4.53. The van der Waals surface area contributed by atoms with Crippen LogP contribution < -0.4 is 11.1 Å². The van der Waals surface area contributed by atoms with E-state index in [-0.39, 0.29) is 32.3 Å². The predicted molar refractivity (Wildman–Crippen MR) is 117 cm³/mol. The number of Topliss-reactive ketones (excluding diaryl/α,β-unsaturated/α-hetero) is 1. The molecule has 3 aromatic heterocycles. The number of thiophene rings is 2. The Morgan fingerprint density at radius 3 is 2.42 bits per heavy atom. The number of aromatic nitrogens is 1. The van der Waals surface area contributed by atoms with Gasteiger partial charge in [0, 0.05) is 16.6 Å². The number of hydrogen-bond acceptors (Lipinski definition) is 6. The molecule has 0 saturated carbocycles. The summed E-state index contributed by atoms with van der Waals surface area (Å²) in [7, 11) is 0. The first-order valence-electron chi connectivity index (χ1n) is 8.91. The van der Waals surface area contributed by atoms with Gasteiger partial charge in [0.1, 0.15) is 9.71 Å². The van der Waals surface area contributed by atoms with E-state index in [2.05, 4.69) is 10.3 Å². The van der Waals surface area contributed by atoms with Gasteiger partial charge in [-0.1, -0.05) is 6.07 Å². The van der Waals surface area contributed by atoms with Gasteiger partial charge in [-0.2, -0.15) is 13.2 Å². The molecule has 0 fully saturated rings. The second kappa shape index (κ2) is 7.78. The van der Waals surface area contributed by atoms with Crippen LogP contribution in [0.3, 0.4) is 0 Å². The highest BCUT2D eigenvalue weighted by Gasteiger charge is 2.36. The van der Waals surface area contributed by atoms with E-state index >= 15 is 0 Å². The van der Waals surface area contributed by atoms with Crippen LogP contribution in [0.4, 0.5) is 24.5 Å². The molecule has 0 atom stereocenters. The van der Waals surface area contributed by atoms with E-state index in [1.807, 2.05) is 0 Å². The van der Waals surface area contributed by atoms with Gasteiger partial charge in [-0.05, 0) is 48.7 Å². The van der Waals surface area contributed by atoms with Crippen LogP contribution in [0.2, 0.25) is 0 Å². The number of benzene rings is 1. The quantitative estimate of drug-likeness (QED) is 0.361. The molecule has 0 bridgehead atoms. The number of alkyl halides is 3. The van der Waals surface area contributed by atoms with Gasteiger partial charge in [0.05, 0.1) is 21.8 Å². The van der Waals surface area contributed by atoms with Crippen LogP contribution in [0.1, 0.15) is 32.5 Å². The van der Waals surface area contributed by atoms with Gasteiger partial charge in [-0.25, -0.2) is 4.98 Å². The number of nitrogen functional groups attached to an aromatic ring is 1. The molecule has 4 aromatic rings. The molecule has 4 rings (SSSR count). The number of hydrogen-bond donors (Lipinski definition) is 2. The maximum Gasteiger partial charge on any atom is 0.417 e. The second-order valence-corrected chi connectivity index (χ2v) is 8.59. The maximum absolute atomic E-state index is 13.8. The zero-order chi connectivity index (χ0) is 22.3. The average Bonchev–Trinajstić information content (AvgIpc) is 3.35. The van der Waals surface area contributed by atoms with Crippen molar-refractivity contribution in [2.75, 3.05) is 11.1 Å². The molecule has 0 saturated heterocycles. The summed E-state index contributed by atoms with van der Waals surface area (Å²) in [6.07, 6.45) is -4.67. The van der Waals surface area contributed by atoms with Gasteiger partial charge >= 0.3 is 6.18 Å². The Labute approximate surface area is 182 Å². The highest BCUT2D eigenvalue weighted by atomic mass is 32.1. The van der Waals surface area contributed by atoms with Gasteiger partial charge in [0.15, 0.2) is 5.78 Å². The summed E-state index contributed by atoms with van der Waals surface area (Å²) in [5.74, 6) is -0.777. The van der Waals surface area contributed by atoms with Gasteiger partial charge in [0.2, 0.25) is 0 Å². The van der Waals surface area contributed by atoms with E-state index in [1.54, 1.807) is 29.6 Å². The summed E-state index contributed by atoms with van der Waals surface area (Å²) in [6, 6.07) is 10.5. The molecule has 0 aliphatic rings. The van der Waals surface area contributed by atoms with Crippen LogP contribution in [0.15, 0.2) is 47.8 Å². The number of rotatable bonds is 4.